The van der Waals surface area contributed by atoms with E-state index in [0.717, 1.165) is 29.7 Å². The predicted octanol–water partition coefficient (Wildman–Crippen LogP) is 2.44. The highest BCUT2D eigenvalue weighted by atomic mass is 32.1. The minimum atomic E-state index is -0.476. The number of anilines is 1. The van der Waals surface area contributed by atoms with Gasteiger partial charge in [0.15, 0.2) is 0 Å². The molecular weight excluding hydrogens is 312 g/mol. The quantitative estimate of drug-likeness (QED) is 0.901. The van der Waals surface area contributed by atoms with E-state index in [-0.39, 0.29) is 5.91 Å². The van der Waals surface area contributed by atoms with Crippen molar-refractivity contribution >= 4 is 28.2 Å². The van der Waals surface area contributed by atoms with Gasteiger partial charge in [-0.25, -0.2) is 0 Å². The number of rotatable bonds is 4. The van der Waals surface area contributed by atoms with Gasteiger partial charge in [-0.15, -0.1) is 11.3 Å². The molecule has 23 heavy (non-hydrogen) atoms. The average molecular weight is 332 g/mol. The van der Waals surface area contributed by atoms with Crippen molar-refractivity contribution in [2.24, 2.45) is 11.7 Å². The molecule has 2 aromatic heterocycles. The molecule has 3 N–H and O–H groups in total. The highest BCUT2D eigenvalue weighted by molar-refractivity contribution is 7.17. The summed E-state index contributed by atoms with van der Waals surface area (Å²) in [6, 6.07) is 1.67. The van der Waals surface area contributed by atoms with Crippen LogP contribution < -0.4 is 11.1 Å². The topological polar surface area (TPSA) is 90.0 Å². The molecule has 1 aliphatic rings. The largest absolute Gasteiger partial charge is 0.365 e. The van der Waals surface area contributed by atoms with E-state index in [1.165, 1.54) is 11.3 Å². The molecule has 1 unspecified atom stereocenters. The molecule has 0 saturated heterocycles. The van der Waals surface area contributed by atoms with Crippen LogP contribution in [0.5, 0.6) is 0 Å². The fraction of sp³-hybridized carbons (Fsp3) is 0.438. The van der Waals surface area contributed by atoms with Gasteiger partial charge in [-0.05, 0) is 43.7 Å². The Morgan fingerprint density at radius 1 is 1.52 bits per heavy atom. The molecule has 0 aliphatic heterocycles. The van der Waals surface area contributed by atoms with Gasteiger partial charge in [-0.2, -0.15) is 5.10 Å². The monoisotopic (exact) mass is 332 g/mol. The van der Waals surface area contributed by atoms with Crippen LogP contribution in [0.15, 0.2) is 12.3 Å². The van der Waals surface area contributed by atoms with Crippen molar-refractivity contribution in [3.63, 3.8) is 0 Å². The summed E-state index contributed by atoms with van der Waals surface area (Å²) in [7, 11) is 0. The number of nitrogens with two attached hydrogens (primary N) is 1. The first-order valence-corrected chi connectivity index (χ1v) is 8.60. The smallest absolute Gasteiger partial charge is 0.274 e. The fourth-order valence-electron chi connectivity index (χ4n) is 3.04. The molecule has 1 aliphatic carbocycles. The summed E-state index contributed by atoms with van der Waals surface area (Å²) in [5.74, 6) is -0.151. The van der Waals surface area contributed by atoms with Gasteiger partial charge in [0.2, 0.25) is 0 Å². The lowest BCUT2D eigenvalue weighted by Gasteiger charge is -2.18. The van der Waals surface area contributed by atoms with Crippen molar-refractivity contribution in [2.75, 3.05) is 5.32 Å². The van der Waals surface area contributed by atoms with E-state index in [2.05, 4.69) is 17.3 Å². The van der Waals surface area contributed by atoms with E-state index in [9.17, 15) is 9.59 Å². The fourth-order valence-corrected chi connectivity index (χ4v) is 4.46. The number of aryl methyl sites for hydroxylation is 1. The molecule has 3 rings (SSSR count). The Labute approximate surface area is 138 Å². The standard InChI is InChI=1S/C16H20N4O2S/c1-3-20-11(6-7-18-20)15(22)19-16-13(14(17)21)10-5-4-9(2)8-12(10)23-16/h6-7,9H,3-5,8H2,1-2H3,(H2,17,21)(H,19,22). The lowest BCUT2D eigenvalue weighted by Crippen LogP contribution is -2.21. The Balaban J connectivity index is 1.94. The highest BCUT2D eigenvalue weighted by Gasteiger charge is 2.27. The van der Waals surface area contributed by atoms with Crippen LogP contribution in [-0.2, 0) is 19.4 Å². The van der Waals surface area contributed by atoms with Gasteiger partial charge in [-0.1, -0.05) is 6.92 Å². The van der Waals surface area contributed by atoms with Crippen molar-refractivity contribution < 1.29 is 9.59 Å². The average Bonchev–Trinajstić information content (AvgIpc) is 3.09. The maximum Gasteiger partial charge on any atom is 0.274 e. The minimum Gasteiger partial charge on any atom is -0.365 e. The van der Waals surface area contributed by atoms with Gasteiger partial charge in [0.1, 0.15) is 10.7 Å². The summed E-state index contributed by atoms with van der Waals surface area (Å²) in [6.45, 7) is 4.73. The minimum absolute atomic E-state index is 0.265. The third-order valence-electron chi connectivity index (χ3n) is 4.23. The number of nitrogens with one attached hydrogen (secondary N) is 1. The maximum atomic E-state index is 12.5. The Morgan fingerprint density at radius 3 is 3.00 bits per heavy atom. The molecule has 122 valence electrons. The van der Waals surface area contributed by atoms with Gasteiger partial charge >= 0.3 is 0 Å². The summed E-state index contributed by atoms with van der Waals surface area (Å²) >= 11 is 1.47. The van der Waals surface area contributed by atoms with Crippen molar-refractivity contribution in [3.8, 4) is 0 Å². The zero-order valence-corrected chi connectivity index (χ0v) is 14.1. The molecular formula is C16H20N4O2S. The molecule has 0 aromatic carbocycles. The first-order chi connectivity index (χ1) is 11.0. The van der Waals surface area contributed by atoms with Crippen molar-refractivity contribution in [1.29, 1.82) is 0 Å². The number of thiophene rings is 1. The van der Waals surface area contributed by atoms with Crippen molar-refractivity contribution in [3.05, 3.63) is 34.0 Å². The number of fused-ring (bicyclic) bond motifs is 1. The second-order valence-corrected chi connectivity index (χ2v) is 7.01. The highest BCUT2D eigenvalue weighted by Crippen LogP contribution is 2.39. The van der Waals surface area contributed by atoms with Crippen LogP contribution in [0.2, 0.25) is 0 Å². The first-order valence-electron chi connectivity index (χ1n) is 7.78. The third kappa shape index (κ3) is 2.88. The van der Waals surface area contributed by atoms with Gasteiger partial charge < -0.3 is 11.1 Å². The Morgan fingerprint density at radius 2 is 2.30 bits per heavy atom. The van der Waals surface area contributed by atoms with E-state index < -0.39 is 5.91 Å². The molecule has 6 nitrogen and oxygen atoms in total. The van der Waals surface area contributed by atoms with Gasteiger partial charge in [0.25, 0.3) is 11.8 Å². The van der Waals surface area contributed by atoms with Crippen LogP contribution in [-0.4, -0.2) is 21.6 Å². The molecule has 2 aromatic rings. The first kappa shape index (κ1) is 15.7. The van der Waals surface area contributed by atoms with Gasteiger partial charge in [0.05, 0.1) is 5.56 Å². The zero-order chi connectivity index (χ0) is 16.6. The van der Waals surface area contributed by atoms with E-state index in [4.69, 9.17) is 5.73 Å². The molecule has 0 fully saturated rings. The Kier molecular flexibility index (Phi) is 4.21. The van der Waals surface area contributed by atoms with Crippen molar-refractivity contribution in [2.45, 2.75) is 39.7 Å². The molecule has 2 amide bonds. The predicted molar refractivity (Wildman–Crippen MR) is 89.9 cm³/mol. The van der Waals surface area contributed by atoms with Gasteiger partial charge in [0, 0.05) is 17.6 Å². The summed E-state index contributed by atoms with van der Waals surface area (Å²) in [5, 5.41) is 7.52. The second kappa shape index (κ2) is 6.16. The van der Waals surface area contributed by atoms with Crippen LogP contribution >= 0.6 is 11.3 Å². The Bertz CT molecular complexity index is 762. The number of hydrogen-bond donors (Lipinski definition) is 2. The number of hydrogen-bond acceptors (Lipinski definition) is 4. The summed E-state index contributed by atoms with van der Waals surface area (Å²) < 4.78 is 1.62. The molecule has 0 spiro atoms. The van der Waals surface area contributed by atoms with Crippen LogP contribution in [0.1, 0.15) is 51.6 Å². The van der Waals surface area contributed by atoms with Crippen LogP contribution in [0, 0.1) is 5.92 Å². The van der Waals surface area contributed by atoms with Gasteiger partial charge in [-0.3, -0.25) is 14.3 Å². The molecule has 7 heteroatoms. The lowest BCUT2D eigenvalue weighted by atomic mass is 9.88. The van der Waals surface area contributed by atoms with Crippen LogP contribution in [0.4, 0.5) is 5.00 Å². The summed E-state index contributed by atoms with van der Waals surface area (Å²) in [4.78, 5) is 25.5. The summed E-state index contributed by atoms with van der Waals surface area (Å²) in [6.07, 6.45) is 4.41. The van der Waals surface area contributed by atoms with Crippen LogP contribution in [0.25, 0.3) is 0 Å². The number of carbonyl (C=O) groups is 2. The van der Waals surface area contributed by atoms with E-state index >= 15 is 0 Å². The third-order valence-corrected chi connectivity index (χ3v) is 5.40. The van der Waals surface area contributed by atoms with E-state index in [1.807, 2.05) is 6.92 Å². The SMILES string of the molecule is CCn1nccc1C(=O)Nc1sc2c(c1C(N)=O)CCC(C)C2. The molecule has 0 bridgehead atoms. The lowest BCUT2D eigenvalue weighted by molar-refractivity contribution is 0.1000. The van der Waals surface area contributed by atoms with Crippen LogP contribution in [0.3, 0.4) is 0 Å². The number of carbonyl (C=O) groups excluding carboxylic acids is 2. The van der Waals surface area contributed by atoms with E-state index in [0.29, 0.717) is 28.7 Å². The molecule has 0 saturated carbocycles. The zero-order valence-electron chi connectivity index (χ0n) is 13.3. The second-order valence-electron chi connectivity index (χ2n) is 5.91. The number of nitrogens with zero attached hydrogens (tertiary/aromatic N) is 2. The maximum absolute atomic E-state index is 12.5. The molecule has 1 atom stereocenters. The number of aromatic nitrogens is 2. The summed E-state index contributed by atoms with van der Waals surface area (Å²) in [5.41, 5.74) is 7.54. The number of primary amides is 1. The van der Waals surface area contributed by atoms with E-state index in [1.54, 1.807) is 16.9 Å². The Hall–Kier alpha value is -2.15. The van der Waals surface area contributed by atoms with Crippen molar-refractivity contribution in [1.82, 2.24) is 9.78 Å². The normalized spacial score (nSPS) is 16.9. The molecule has 0 radical (unpaired) electrons. The number of amides is 2. The molecule has 2 heterocycles.